The minimum Gasteiger partial charge on any atom is -0.472 e. The predicted octanol–water partition coefficient (Wildman–Crippen LogP) is 2.27. The van der Waals surface area contributed by atoms with Crippen LogP contribution in [0.2, 0.25) is 0 Å². The number of furan rings is 1. The minimum absolute atomic E-state index is 0.0422. The van der Waals surface area contributed by atoms with Crippen LogP contribution in [0.1, 0.15) is 50.4 Å². The minimum atomic E-state index is 0.0422. The summed E-state index contributed by atoms with van der Waals surface area (Å²) in [5.41, 5.74) is 0.811. The topological polar surface area (TPSA) is 65.7 Å². The normalized spacial score (nSPS) is 18.5. The molecule has 1 aliphatic rings. The van der Waals surface area contributed by atoms with Crippen LogP contribution in [-0.2, 0) is 0 Å². The second kappa shape index (κ2) is 7.29. The fourth-order valence-electron chi connectivity index (χ4n) is 3.07. The van der Waals surface area contributed by atoms with Gasteiger partial charge in [0, 0.05) is 25.2 Å². The lowest BCUT2D eigenvalue weighted by Gasteiger charge is -2.35. The van der Waals surface area contributed by atoms with Crippen molar-refractivity contribution in [3.8, 4) is 0 Å². The fraction of sp³-hybridized carbons (Fsp3) is 0.706. The van der Waals surface area contributed by atoms with Crippen LogP contribution in [0, 0.1) is 5.41 Å². The van der Waals surface area contributed by atoms with E-state index in [0.717, 1.165) is 32.4 Å². The summed E-state index contributed by atoms with van der Waals surface area (Å²) in [6, 6.07) is 2.20. The van der Waals surface area contributed by atoms with Crippen molar-refractivity contribution in [1.29, 1.82) is 0 Å². The van der Waals surface area contributed by atoms with E-state index in [2.05, 4.69) is 26.1 Å². The average molecular weight is 308 g/mol. The van der Waals surface area contributed by atoms with Crippen molar-refractivity contribution >= 4 is 5.91 Å². The molecule has 0 radical (unpaired) electrons. The van der Waals surface area contributed by atoms with Gasteiger partial charge in [-0.15, -0.1) is 0 Å². The van der Waals surface area contributed by atoms with Gasteiger partial charge in [-0.1, -0.05) is 20.8 Å². The van der Waals surface area contributed by atoms with E-state index in [1.807, 2.05) is 4.90 Å². The van der Waals surface area contributed by atoms with Gasteiger partial charge in [-0.25, -0.2) is 0 Å². The molecule has 22 heavy (non-hydrogen) atoms. The van der Waals surface area contributed by atoms with Gasteiger partial charge in [-0.05, 0) is 30.7 Å². The first kappa shape index (κ1) is 17.0. The first-order valence-electron chi connectivity index (χ1n) is 8.07. The molecule has 5 nitrogen and oxygen atoms in total. The lowest BCUT2D eigenvalue weighted by atomic mass is 9.87. The first-order valence-corrected chi connectivity index (χ1v) is 8.07. The third kappa shape index (κ3) is 4.85. The average Bonchev–Trinajstić information content (AvgIpc) is 2.99. The summed E-state index contributed by atoms with van der Waals surface area (Å²) in [4.78, 5) is 14.1. The Kier molecular flexibility index (Phi) is 5.64. The Morgan fingerprint density at radius 1 is 1.45 bits per heavy atom. The highest BCUT2D eigenvalue weighted by Gasteiger charge is 2.26. The maximum Gasteiger partial charge on any atom is 0.257 e. The Hall–Kier alpha value is -1.33. The molecule has 0 saturated carbocycles. The molecule has 0 aromatic carbocycles. The van der Waals surface area contributed by atoms with Gasteiger partial charge in [0.15, 0.2) is 0 Å². The maximum absolute atomic E-state index is 12.2. The van der Waals surface area contributed by atoms with E-state index in [1.165, 1.54) is 12.5 Å². The zero-order valence-electron chi connectivity index (χ0n) is 13.8. The second-order valence-corrected chi connectivity index (χ2v) is 7.39. The second-order valence-electron chi connectivity index (χ2n) is 7.39. The molecule has 5 heteroatoms. The summed E-state index contributed by atoms with van der Waals surface area (Å²) in [6.07, 6.45) is 5.81. The van der Waals surface area contributed by atoms with Crippen molar-refractivity contribution in [3.05, 3.63) is 24.2 Å². The van der Waals surface area contributed by atoms with Gasteiger partial charge in [-0.3, -0.25) is 4.79 Å². The van der Waals surface area contributed by atoms with Crippen LogP contribution in [0.15, 0.2) is 23.0 Å². The summed E-state index contributed by atoms with van der Waals surface area (Å²) in [7, 11) is 0. The van der Waals surface area contributed by atoms with Gasteiger partial charge in [-0.2, -0.15) is 0 Å². The number of carbonyl (C=O) groups excluding carboxylic acids is 1. The number of nitrogens with one attached hydrogen (secondary N) is 1. The summed E-state index contributed by atoms with van der Waals surface area (Å²) in [5.74, 6) is 0.0422. The molecule has 1 amide bonds. The van der Waals surface area contributed by atoms with Crippen LogP contribution in [0.5, 0.6) is 0 Å². The molecular formula is C17H28N2O3. The number of piperidine rings is 1. The highest BCUT2D eigenvalue weighted by Crippen LogP contribution is 2.22. The van der Waals surface area contributed by atoms with Gasteiger partial charge >= 0.3 is 0 Å². The summed E-state index contributed by atoms with van der Waals surface area (Å²) < 4.78 is 4.97. The molecule has 2 heterocycles. The number of hydrogen-bond acceptors (Lipinski definition) is 4. The smallest absolute Gasteiger partial charge is 0.257 e. The molecule has 0 bridgehead atoms. The Bertz CT molecular complexity index is 457. The van der Waals surface area contributed by atoms with Crippen molar-refractivity contribution in [2.75, 3.05) is 19.7 Å². The van der Waals surface area contributed by atoms with Crippen molar-refractivity contribution in [3.63, 3.8) is 0 Å². The molecule has 1 aliphatic heterocycles. The molecule has 124 valence electrons. The Balaban J connectivity index is 1.80. The lowest BCUT2D eigenvalue weighted by molar-refractivity contribution is 0.0692. The molecule has 1 saturated heterocycles. The van der Waals surface area contributed by atoms with E-state index in [9.17, 15) is 9.90 Å². The van der Waals surface area contributed by atoms with Crippen molar-refractivity contribution < 1.29 is 14.3 Å². The lowest BCUT2D eigenvalue weighted by Crippen LogP contribution is -2.49. The largest absolute Gasteiger partial charge is 0.472 e. The molecule has 2 rings (SSSR count). The summed E-state index contributed by atoms with van der Waals surface area (Å²) in [5, 5.41) is 13.1. The van der Waals surface area contributed by atoms with Gasteiger partial charge in [0.05, 0.1) is 18.4 Å². The highest BCUT2D eigenvalue weighted by atomic mass is 16.3. The summed E-state index contributed by atoms with van der Waals surface area (Å²) in [6.45, 7) is 8.20. The van der Waals surface area contributed by atoms with Crippen LogP contribution in [0.3, 0.4) is 0 Å². The maximum atomic E-state index is 12.2. The van der Waals surface area contributed by atoms with E-state index in [0.29, 0.717) is 11.6 Å². The third-order valence-corrected chi connectivity index (χ3v) is 4.10. The van der Waals surface area contributed by atoms with E-state index in [1.54, 1.807) is 6.07 Å². The number of likely N-dealkylation sites (tertiary alicyclic amines) is 1. The number of carbonyl (C=O) groups is 1. The number of amides is 1. The van der Waals surface area contributed by atoms with E-state index in [-0.39, 0.29) is 24.0 Å². The van der Waals surface area contributed by atoms with Crippen LogP contribution in [-0.4, -0.2) is 47.7 Å². The molecule has 1 atom stereocenters. The van der Waals surface area contributed by atoms with Crippen molar-refractivity contribution in [1.82, 2.24) is 10.2 Å². The number of aliphatic hydroxyl groups is 1. The highest BCUT2D eigenvalue weighted by molar-refractivity contribution is 5.93. The molecule has 1 unspecified atom stereocenters. The summed E-state index contributed by atoms with van der Waals surface area (Å²) >= 11 is 0. The van der Waals surface area contributed by atoms with Gasteiger partial charge in [0.2, 0.25) is 0 Å². The fourth-order valence-corrected chi connectivity index (χ4v) is 3.07. The van der Waals surface area contributed by atoms with Gasteiger partial charge in [0.1, 0.15) is 6.26 Å². The molecule has 0 aliphatic carbocycles. The van der Waals surface area contributed by atoms with Crippen molar-refractivity contribution in [2.45, 2.75) is 52.1 Å². The third-order valence-electron chi connectivity index (χ3n) is 4.10. The molecular weight excluding hydrogens is 280 g/mol. The molecule has 0 spiro atoms. The van der Waals surface area contributed by atoms with E-state index < -0.39 is 0 Å². The standard InChI is InChI=1S/C17H28N2O3/c1-17(2,3)10-15(11-20)18-14-4-7-19(8-5-14)16(21)13-6-9-22-12-13/h6,9,12,14-15,18,20H,4-5,7-8,10-11H2,1-3H3. The Morgan fingerprint density at radius 3 is 2.64 bits per heavy atom. The zero-order valence-corrected chi connectivity index (χ0v) is 13.8. The van der Waals surface area contributed by atoms with Gasteiger partial charge in [0.25, 0.3) is 5.91 Å². The predicted molar refractivity (Wildman–Crippen MR) is 85.7 cm³/mol. The molecule has 1 aromatic heterocycles. The zero-order chi connectivity index (χ0) is 16.2. The SMILES string of the molecule is CC(C)(C)CC(CO)NC1CCN(C(=O)c2ccoc2)CC1. The van der Waals surface area contributed by atoms with Crippen LogP contribution in [0.25, 0.3) is 0 Å². The monoisotopic (exact) mass is 308 g/mol. The quantitative estimate of drug-likeness (QED) is 0.876. The van der Waals surface area contributed by atoms with Gasteiger partial charge < -0.3 is 19.7 Å². The number of rotatable bonds is 5. The number of hydrogen-bond donors (Lipinski definition) is 2. The number of aliphatic hydroxyl groups excluding tert-OH is 1. The molecule has 1 aromatic rings. The Morgan fingerprint density at radius 2 is 2.14 bits per heavy atom. The first-order chi connectivity index (χ1) is 10.4. The number of nitrogens with zero attached hydrogens (tertiary/aromatic N) is 1. The Labute approximate surface area is 132 Å². The molecule has 2 N–H and O–H groups in total. The van der Waals surface area contributed by atoms with Crippen LogP contribution < -0.4 is 5.32 Å². The molecule has 1 fully saturated rings. The van der Waals surface area contributed by atoms with E-state index >= 15 is 0 Å². The van der Waals surface area contributed by atoms with Crippen LogP contribution >= 0.6 is 0 Å². The van der Waals surface area contributed by atoms with Crippen molar-refractivity contribution in [2.24, 2.45) is 5.41 Å². The van der Waals surface area contributed by atoms with Crippen LogP contribution in [0.4, 0.5) is 0 Å². The van der Waals surface area contributed by atoms with E-state index in [4.69, 9.17) is 4.42 Å².